The van der Waals surface area contributed by atoms with Crippen LogP contribution < -0.4 is 10.6 Å². The molecule has 1 aromatic rings. The van der Waals surface area contributed by atoms with E-state index in [9.17, 15) is 4.39 Å². The van der Waals surface area contributed by atoms with Gasteiger partial charge < -0.3 is 15.4 Å². The van der Waals surface area contributed by atoms with Crippen LogP contribution in [0.2, 0.25) is 0 Å². The number of nitrogens with zero attached hydrogens (tertiary/aromatic N) is 1. The van der Waals surface area contributed by atoms with E-state index in [1.54, 1.807) is 20.0 Å². The summed E-state index contributed by atoms with van der Waals surface area (Å²) in [6, 6.07) is 5.12. The molecule has 4 nitrogen and oxygen atoms in total. The van der Waals surface area contributed by atoms with Crippen LogP contribution in [0.15, 0.2) is 23.2 Å². The average molecular weight is 407 g/mol. The van der Waals surface area contributed by atoms with E-state index in [1.165, 1.54) is 6.07 Å². The number of hydrogen-bond acceptors (Lipinski definition) is 2. The smallest absolute Gasteiger partial charge is 0.191 e. The summed E-state index contributed by atoms with van der Waals surface area (Å²) in [6.07, 6.45) is 2.51. The van der Waals surface area contributed by atoms with Crippen molar-refractivity contribution in [2.45, 2.75) is 32.4 Å². The number of ether oxygens (including phenoxy) is 1. The second kappa shape index (κ2) is 9.19. The largest absolute Gasteiger partial charge is 0.376 e. The predicted octanol–water partition coefficient (Wildman–Crippen LogP) is 2.60. The standard InChI is InChI=1S/C15H22FN3O.HI/c1-11-8-12(5-6-14(11)16)9-18-15(17-2)19-10-13-4-3-7-20-13;/h5-6,8,13H,3-4,7,9-10H2,1-2H3,(H2,17,18,19);1H. The number of aliphatic imine (C=N–C) groups is 1. The van der Waals surface area contributed by atoms with Crippen LogP contribution in [0.25, 0.3) is 0 Å². The summed E-state index contributed by atoms with van der Waals surface area (Å²) in [5, 5.41) is 6.46. The minimum Gasteiger partial charge on any atom is -0.376 e. The van der Waals surface area contributed by atoms with Gasteiger partial charge in [-0.25, -0.2) is 4.39 Å². The molecule has 2 rings (SSSR count). The number of guanidine groups is 1. The quantitative estimate of drug-likeness (QED) is 0.458. The molecule has 1 aliphatic heterocycles. The summed E-state index contributed by atoms with van der Waals surface area (Å²) < 4.78 is 18.7. The molecule has 0 aliphatic carbocycles. The number of halogens is 2. The molecule has 0 bridgehead atoms. The van der Waals surface area contributed by atoms with Crippen molar-refractivity contribution in [1.82, 2.24) is 10.6 Å². The Labute approximate surface area is 142 Å². The number of aryl methyl sites for hydroxylation is 1. The molecule has 21 heavy (non-hydrogen) atoms. The molecule has 1 aliphatic rings. The molecule has 1 fully saturated rings. The van der Waals surface area contributed by atoms with Crippen molar-refractivity contribution in [3.63, 3.8) is 0 Å². The fourth-order valence-corrected chi connectivity index (χ4v) is 2.24. The van der Waals surface area contributed by atoms with Gasteiger partial charge in [0.05, 0.1) is 6.10 Å². The molecule has 0 spiro atoms. The maximum absolute atomic E-state index is 13.2. The predicted molar refractivity (Wildman–Crippen MR) is 93.7 cm³/mol. The monoisotopic (exact) mass is 407 g/mol. The molecule has 0 radical (unpaired) electrons. The summed E-state index contributed by atoms with van der Waals surface area (Å²) in [5.41, 5.74) is 1.69. The van der Waals surface area contributed by atoms with Gasteiger partial charge in [0.2, 0.25) is 0 Å². The van der Waals surface area contributed by atoms with E-state index in [0.717, 1.165) is 37.5 Å². The molecular weight excluding hydrogens is 384 g/mol. The van der Waals surface area contributed by atoms with Gasteiger partial charge in [-0.1, -0.05) is 12.1 Å². The fraction of sp³-hybridized carbons (Fsp3) is 0.533. The van der Waals surface area contributed by atoms with Gasteiger partial charge in [-0.15, -0.1) is 24.0 Å². The van der Waals surface area contributed by atoms with Crippen molar-refractivity contribution >= 4 is 29.9 Å². The zero-order valence-electron chi connectivity index (χ0n) is 12.5. The van der Waals surface area contributed by atoms with Crippen LogP contribution in [0.4, 0.5) is 4.39 Å². The first-order valence-electron chi connectivity index (χ1n) is 7.00. The van der Waals surface area contributed by atoms with E-state index < -0.39 is 0 Å². The number of benzene rings is 1. The van der Waals surface area contributed by atoms with Gasteiger partial charge in [-0.3, -0.25) is 4.99 Å². The second-order valence-corrected chi connectivity index (χ2v) is 5.03. The molecular formula is C15H23FIN3O. The molecule has 0 saturated carbocycles. The lowest BCUT2D eigenvalue weighted by molar-refractivity contribution is 0.114. The van der Waals surface area contributed by atoms with Gasteiger partial charge >= 0.3 is 0 Å². The van der Waals surface area contributed by atoms with Crippen molar-refractivity contribution in [2.75, 3.05) is 20.2 Å². The Hall–Kier alpha value is -0.890. The number of rotatable bonds is 4. The Kier molecular flexibility index (Phi) is 7.95. The van der Waals surface area contributed by atoms with Crippen molar-refractivity contribution in [3.8, 4) is 0 Å². The third kappa shape index (κ3) is 5.78. The van der Waals surface area contributed by atoms with E-state index >= 15 is 0 Å². The summed E-state index contributed by atoms with van der Waals surface area (Å²) in [5.74, 6) is 0.567. The molecule has 0 aromatic heterocycles. The first-order chi connectivity index (χ1) is 9.69. The Morgan fingerprint density at radius 3 is 2.86 bits per heavy atom. The zero-order chi connectivity index (χ0) is 14.4. The Bertz CT molecular complexity index is 476. The van der Waals surface area contributed by atoms with Gasteiger partial charge in [0.25, 0.3) is 0 Å². The van der Waals surface area contributed by atoms with Gasteiger partial charge in [-0.2, -0.15) is 0 Å². The maximum Gasteiger partial charge on any atom is 0.191 e. The van der Waals surface area contributed by atoms with E-state index in [2.05, 4.69) is 15.6 Å². The normalized spacial score (nSPS) is 18.2. The molecule has 1 heterocycles. The average Bonchev–Trinajstić information content (AvgIpc) is 2.96. The van der Waals surface area contributed by atoms with Crippen LogP contribution >= 0.6 is 24.0 Å². The van der Waals surface area contributed by atoms with E-state index in [1.807, 2.05) is 6.07 Å². The molecule has 118 valence electrons. The SMILES string of the molecule is CN=C(NCc1ccc(F)c(C)c1)NCC1CCCO1.I. The summed E-state index contributed by atoms with van der Waals surface area (Å²) in [7, 11) is 1.74. The van der Waals surface area contributed by atoms with Crippen LogP contribution in [0.1, 0.15) is 24.0 Å². The Morgan fingerprint density at radius 1 is 1.43 bits per heavy atom. The van der Waals surface area contributed by atoms with Crippen molar-refractivity contribution < 1.29 is 9.13 Å². The van der Waals surface area contributed by atoms with Crippen LogP contribution in [-0.2, 0) is 11.3 Å². The first-order valence-corrected chi connectivity index (χ1v) is 7.00. The zero-order valence-corrected chi connectivity index (χ0v) is 14.8. The fourth-order valence-electron chi connectivity index (χ4n) is 2.24. The highest BCUT2D eigenvalue weighted by molar-refractivity contribution is 14.0. The third-order valence-corrected chi connectivity index (χ3v) is 3.43. The molecule has 6 heteroatoms. The third-order valence-electron chi connectivity index (χ3n) is 3.43. The molecule has 1 atom stereocenters. The molecule has 2 N–H and O–H groups in total. The summed E-state index contributed by atoms with van der Waals surface area (Å²) in [4.78, 5) is 4.17. The lowest BCUT2D eigenvalue weighted by Gasteiger charge is -2.15. The minimum absolute atomic E-state index is 0. The van der Waals surface area contributed by atoms with Gasteiger partial charge in [0, 0.05) is 26.7 Å². The maximum atomic E-state index is 13.2. The van der Waals surface area contributed by atoms with Crippen molar-refractivity contribution in [2.24, 2.45) is 4.99 Å². The number of nitrogens with one attached hydrogen (secondary N) is 2. The second-order valence-electron chi connectivity index (χ2n) is 5.03. The number of hydrogen-bond donors (Lipinski definition) is 2. The highest BCUT2D eigenvalue weighted by Gasteiger charge is 2.15. The van der Waals surface area contributed by atoms with E-state index in [0.29, 0.717) is 12.1 Å². The minimum atomic E-state index is -0.172. The van der Waals surface area contributed by atoms with Crippen molar-refractivity contribution in [3.05, 3.63) is 35.1 Å². The highest BCUT2D eigenvalue weighted by Crippen LogP contribution is 2.10. The summed E-state index contributed by atoms with van der Waals surface area (Å²) >= 11 is 0. The topological polar surface area (TPSA) is 45.7 Å². The summed E-state index contributed by atoms with van der Waals surface area (Å²) in [6.45, 7) is 4.00. The molecule has 1 saturated heterocycles. The van der Waals surface area contributed by atoms with Crippen LogP contribution in [-0.4, -0.2) is 32.3 Å². The lowest BCUT2D eigenvalue weighted by atomic mass is 10.1. The first kappa shape index (κ1) is 18.2. The van der Waals surface area contributed by atoms with Gasteiger partial charge in [0.1, 0.15) is 5.82 Å². The Balaban J connectivity index is 0.00000220. The van der Waals surface area contributed by atoms with Crippen molar-refractivity contribution in [1.29, 1.82) is 0 Å². The molecule has 1 aromatic carbocycles. The molecule has 1 unspecified atom stereocenters. The Morgan fingerprint density at radius 2 is 2.24 bits per heavy atom. The lowest BCUT2D eigenvalue weighted by Crippen LogP contribution is -2.40. The van der Waals surface area contributed by atoms with E-state index in [4.69, 9.17) is 4.74 Å². The van der Waals surface area contributed by atoms with Crippen LogP contribution in [0, 0.1) is 12.7 Å². The van der Waals surface area contributed by atoms with Gasteiger partial charge in [0.15, 0.2) is 5.96 Å². The van der Waals surface area contributed by atoms with Crippen LogP contribution in [0.5, 0.6) is 0 Å². The highest BCUT2D eigenvalue weighted by atomic mass is 127. The van der Waals surface area contributed by atoms with Gasteiger partial charge in [-0.05, 0) is 37.0 Å². The van der Waals surface area contributed by atoms with Crippen LogP contribution in [0.3, 0.4) is 0 Å². The molecule has 0 amide bonds. The van der Waals surface area contributed by atoms with E-state index in [-0.39, 0.29) is 35.9 Å².